The first-order valence-electron chi connectivity index (χ1n) is 14.0. The highest BCUT2D eigenvalue weighted by molar-refractivity contribution is 8.27. The lowest BCUT2D eigenvalue weighted by Gasteiger charge is -2.20. The normalized spacial score (nSPS) is 15.6. The fourth-order valence-corrected chi connectivity index (χ4v) is 5.39. The molecule has 7 nitrogen and oxygen atoms in total. The van der Waals surface area contributed by atoms with E-state index in [-0.39, 0.29) is 11.4 Å². The molecule has 41 heavy (non-hydrogen) atoms. The SMILES string of the molecule is CCCCCCc1ccc(OCCOc2cccc(C=C3C(=N)N4N=C(c5ccc(C)cc5)SC4=NC3=O)c2)cc1. The summed E-state index contributed by atoms with van der Waals surface area (Å²) in [5.74, 6) is 1.02. The van der Waals surface area contributed by atoms with Crippen LogP contribution in [0.15, 0.2) is 88.5 Å². The Hall–Kier alpha value is -4.17. The zero-order valence-corrected chi connectivity index (χ0v) is 24.2. The molecule has 2 aliphatic heterocycles. The third-order valence-corrected chi connectivity index (χ3v) is 7.74. The molecule has 0 unspecified atom stereocenters. The molecule has 0 bridgehead atoms. The van der Waals surface area contributed by atoms with Crippen LogP contribution in [0.5, 0.6) is 11.5 Å². The van der Waals surface area contributed by atoms with E-state index in [2.05, 4.69) is 29.2 Å². The molecule has 3 aromatic carbocycles. The number of fused-ring (bicyclic) bond motifs is 1. The molecule has 0 spiro atoms. The van der Waals surface area contributed by atoms with E-state index < -0.39 is 5.91 Å². The van der Waals surface area contributed by atoms with Crippen molar-refractivity contribution < 1.29 is 14.3 Å². The summed E-state index contributed by atoms with van der Waals surface area (Å²) in [5, 5.41) is 15.7. The first-order valence-corrected chi connectivity index (χ1v) is 14.8. The largest absolute Gasteiger partial charge is 0.490 e. The Morgan fingerprint density at radius 2 is 1.68 bits per heavy atom. The number of hydrazone groups is 1. The quantitative estimate of drug-likeness (QED) is 0.184. The predicted molar refractivity (Wildman–Crippen MR) is 167 cm³/mol. The number of ether oxygens (including phenoxy) is 2. The van der Waals surface area contributed by atoms with Gasteiger partial charge in [0.05, 0.1) is 5.57 Å². The third kappa shape index (κ3) is 7.32. The molecule has 0 atom stereocenters. The number of nitrogens with one attached hydrogen (secondary N) is 1. The second-order valence-corrected chi connectivity index (χ2v) is 11.0. The van der Waals surface area contributed by atoms with Crippen molar-refractivity contribution in [3.63, 3.8) is 0 Å². The maximum atomic E-state index is 12.8. The van der Waals surface area contributed by atoms with Crippen LogP contribution < -0.4 is 9.47 Å². The summed E-state index contributed by atoms with van der Waals surface area (Å²) in [6.07, 6.45) is 7.80. The van der Waals surface area contributed by atoms with Crippen molar-refractivity contribution in [1.29, 1.82) is 5.41 Å². The molecule has 8 heteroatoms. The summed E-state index contributed by atoms with van der Waals surface area (Å²) in [4.78, 5) is 17.0. The number of hydrogen-bond acceptors (Lipinski definition) is 6. The number of nitrogens with zero attached hydrogens (tertiary/aromatic N) is 3. The van der Waals surface area contributed by atoms with E-state index >= 15 is 0 Å². The van der Waals surface area contributed by atoms with Gasteiger partial charge in [0.2, 0.25) is 5.17 Å². The van der Waals surface area contributed by atoms with Gasteiger partial charge in [0.25, 0.3) is 5.91 Å². The Labute approximate surface area is 245 Å². The van der Waals surface area contributed by atoms with Gasteiger partial charge in [-0.15, -0.1) is 0 Å². The Morgan fingerprint density at radius 1 is 0.927 bits per heavy atom. The number of rotatable bonds is 12. The minimum absolute atomic E-state index is 0.00121. The van der Waals surface area contributed by atoms with Gasteiger partial charge >= 0.3 is 0 Å². The number of amidine groups is 2. The van der Waals surface area contributed by atoms with Crippen molar-refractivity contribution >= 4 is 39.8 Å². The molecule has 3 aromatic rings. The van der Waals surface area contributed by atoms with Crippen LogP contribution in [0.4, 0.5) is 0 Å². The number of benzene rings is 3. The lowest BCUT2D eigenvalue weighted by Crippen LogP contribution is -2.35. The first-order chi connectivity index (χ1) is 20.0. The molecule has 0 fully saturated rings. The average molecular weight is 567 g/mol. The molecule has 0 saturated carbocycles. The Kier molecular flexibility index (Phi) is 9.31. The van der Waals surface area contributed by atoms with Gasteiger partial charge in [0.1, 0.15) is 29.8 Å². The molecule has 1 N–H and O–H groups in total. The number of thioether (sulfide) groups is 1. The van der Waals surface area contributed by atoms with Crippen LogP contribution in [0.2, 0.25) is 0 Å². The molecule has 0 aromatic heterocycles. The van der Waals surface area contributed by atoms with Crippen LogP contribution in [-0.4, -0.2) is 40.2 Å². The van der Waals surface area contributed by atoms with Crippen LogP contribution in [0.25, 0.3) is 6.08 Å². The number of amides is 1. The smallest absolute Gasteiger partial charge is 0.283 e. The van der Waals surface area contributed by atoms with Crippen molar-refractivity contribution in [3.8, 4) is 11.5 Å². The molecule has 2 heterocycles. The molecule has 0 aliphatic carbocycles. The highest BCUT2D eigenvalue weighted by atomic mass is 32.2. The van der Waals surface area contributed by atoms with E-state index in [1.807, 2.05) is 67.6 Å². The van der Waals surface area contributed by atoms with E-state index in [1.54, 1.807) is 6.08 Å². The highest BCUT2D eigenvalue weighted by Crippen LogP contribution is 2.31. The Bertz CT molecular complexity index is 1490. The van der Waals surface area contributed by atoms with Gasteiger partial charge in [-0.1, -0.05) is 80.3 Å². The molecule has 0 radical (unpaired) electrons. The van der Waals surface area contributed by atoms with E-state index in [0.29, 0.717) is 29.2 Å². The van der Waals surface area contributed by atoms with Crippen molar-refractivity contribution in [2.45, 2.75) is 46.0 Å². The van der Waals surface area contributed by atoms with Crippen molar-refractivity contribution in [3.05, 3.63) is 101 Å². The molecule has 210 valence electrons. The summed E-state index contributed by atoms with van der Waals surface area (Å²) in [6.45, 7) is 5.04. The van der Waals surface area contributed by atoms with Gasteiger partial charge in [0.15, 0.2) is 5.84 Å². The van der Waals surface area contributed by atoms with Crippen molar-refractivity contribution in [2.24, 2.45) is 10.1 Å². The summed E-state index contributed by atoms with van der Waals surface area (Å²) >= 11 is 1.29. The fourth-order valence-electron chi connectivity index (χ4n) is 4.49. The Balaban J connectivity index is 1.16. The van der Waals surface area contributed by atoms with Crippen LogP contribution >= 0.6 is 11.8 Å². The first kappa shape index (κ1) is 28.4. The maximum Gasteiger partial charge on any atom is 0.283 e. The van der Waals surface area contributed by atoms with Gasteiger partial charge < -0.3 is 9.47 Å². The monoisotopic (exact) mass is 566 g/mol. The van der Waals surface area contributed by atoms with E-state index in [1.165, 1.54) is 48.0 Å². The average Bonchev–Trinajstić information content (AvgIpc) is 3.41. The van der Waals surface area contributed by atoms with E-state index in [4.69, 9.17) is 14.9 Å². The zero-order chi connectivity index (χ0) is 28.6. The van der Waals surface area contributed by atoms with Crippen molar-refractivity contribution in [2.75, 3.05) is 13.2 Å². The van der Waals surface area contributed by atoms with Crippen LogP contribution in [0.1, 0.15) is 54.9 Å². The molecular formula is C33H34N4O3S. The number of aliphatic imine (C=N–C) groups is 1. The highest BCUT2D eigenvalue weighted by Gasteiger charge is 2.36. The molecule has 0 saturated heterocycles. The van der Waals surface area contributed by atoms with Crippen molar-refractivity contribution in [1.82, 2.24) is 5.01 Å². The van der Waals surface area contributed by atoms with Gasteiger partial charge in [-0.3, -0.25) is 10.2 Å². The van der Waals surface area contributed by atoms with E-state index in [0.717, 1.165) is 28.9 Å². The lowest BCUT2D eigenvalue weighted by molar-refractivity contribution is -0.114. The molecule has 2 aliphatic rings. The van der Waals surface area contributed by atoms with E-state index in [9.17, 15) is 4.79 Å². The van der Waals surface area contributed by atoms with Gasteiger partial charge in [-0.25, -0.2) is 0 Å². The number of aryl methyl sites for hydroxylation is 2. The summed E-state index contributed by atoms with van der Waals surface area (Å²) < 4.78 is 11.7. The van der Waals surface area contributed by atoms with Gasteiger partial charge in [-0.05, 0) is 73.0 Å². The molecule has 5 rings (SSSR count). The maximum absolute atomic E-state index is 12.8. The van der Waals surface area contributed by atoms with Crippen LogP contribution in [-0.2, 0) is 11.2 Å². The summed E-state index contributed by atoms with van der Waals surface area (Å²) in [6, 6.07) is 23.7. The number of hydrogen-bond donors (Lipinski definition) is 1. The van der Waals surface area contributed by atoms with Crippen LogP contribution in [0, 0.1) is 12.3 Å². The topological polar surface area (TPSA) is 87.3 Å². The third-order valence-electron chi connectivity index (χ3n) is 6.79. The van der Waals surface area contributed by atoms with Gasteiger partial charge in [0, 0.05) is 5.56 Å². The van der Waals surface area contributed by atoms with Gasteiger partial charge in [-0.2, -0.15) is 15.1 Å². The predicted octanol–water partition coefficient (Wildman–Crippen LogP) is 7.24. The minimum Gasteiger partial charge on any atom is -0.490 e. The van der Waals surface area contributed by atoms with Crippen LogP contribution in [0.3, 0.4) is 0 Å². The fraction of sp³-hybridized carbons (Fsp3) is 0.273. The number of unbranched alkanes of at least 4 members (excludes halogenated alkanes) is 3. The Morgan fingerprint density at radius 3 is 2.44 bits per heavy atom. The summed E-state index contributed by atoms with van der Waals surface area (Å²) in [7, 11) is 0. The molecular weight excluding hydrogens is 532 g/mol. The molecule has 1 amide bonds. The second-order valence-electron chi connectivity index (χ2n) is 10.0. The zero-order valence-electron chi connectivity index (χ0n) is 23.4. The number of carbonyl (C=O) groups excluding carboxylic acids is 1. The second kappa shape index (κ2) is 13.5. The number of carbonyl (C=O) groups is 1. The summed E-state index contributed by atoms with van der Waals surface area (Å²) in [5.41, 5.74) is 4.32. The standard InChI is InChI=1S/C33H34N4O3S/c1-3-4-5-6-8-24-13-17-27(18-14-24)39-19-20-40-28-10-7-9-25(21-28)22-29-30(34)37-33(35-31(29)38)41-32(36-37)26-15-11-23(2)12-16-26/h7,9-18,21-22,34H,3-6,8,19-20H2,1-2H3. The minimum atomic E-state index is -0.458. The lowest BCUT2D eigenvalue weighted by atomic mass is 10.1.